The van der Waals surface area contributed by atoms with Crippen molar-refractivity contribution in [2.45, 2.75) is 39.7 Å². The Labute approximate surface area is 127 Å². The van der Waals surface area contributed by atoms with Crippen LogP contribution in [0.1, 0.15) is 44.2 Å². The summed E-state index contributed by atoms with van der Waals surface area (Å²) in [5.74, 6) is 0.564. The van der Waals surface area contributed by atoms with Gasteiger partial charge < -0.3 is 0 Å². The first kappa shape index (κ1) is 15.5. The van der Waals surface area contributed by atoms with Crippen molar-refractivity contribution in [1.29, 1.82) is 10.5 Å². The molecule has 1 aliphatic heterocycles. The first-order valence-electron chi connectivity index (χ1n) is 7.68. The largest absolute Gasteiger partial charge is 0.299 e. The van der Waals surface area contributed by atoms with Crippen molar-refractivity contribution in [3.05, 3.63) is 35.4 Å². The summed E-state index contributed by atoms with van der Waals surface area (Å²) in [7, 11) is 0. The molecule has 21 heavy (non-hydrogen) atoms. The number of hydrogen-bond donors (Lipinski definition) is 0. The second-order valence-electron chi connectivity index (χ2n) is 6.44. The van der Waals surface area contributed by atoms with Crippen LogP contribution in [0.2, 0.25) is 0 Å². The summed E-state index contributed by atoms with van der Waals surface area (Å²) < 4.78 is 0. The minimum absolute atomic E-state index is 0.204. The highest BCUT2D eigenvalue weighted by molar-refractivity contribution is 5.31. The van der Waals surface area contributed by atoms with E-state index in [9.17, 15) is 0 Å². The van der Waals surface area contributed by atoms with Gasteiger partial charge in [0, 0.05) is 13.0 Å². The van der Waals surface area contributed by atoms with E-state index in [2.05, 4.69) is 30.9 Å². The molecule has 0 amide bonds. The van der Waals surface area contributed by atoms with Gasteiger partial charge in [0.05, 0.1) is 17.7 Å². The van der Waals surface area contributed by atoms with Crippen LogP contribution < -0.4 is 0 Å². The SMILES string of the molecule is CC(C)C1(CC#N)CCN(Cc2ccc(C#N)cc2)CC1. The highest BCUT2D eigenvalue weighted by Gasteiger charge is 2.37. The van der Waals surface area contributed by atoms with E-state index >= 15 is 0 Å². The van der Waals surface area contributed by atoms with Crippen molar-refractivity contribution in [2.24, 2.45) is 11.3 Å². The molecule has 0 aliphatic carbocycles. The first-order chi connectivity index (χ1) is 10.1. The zero-order valence-corrected chi connectivity index (χ0v) is 13.0. The molecule has 2 rings (SSSR count). The number of rotatable bonds is 4. The van der Waals surface area contributed by atoms with Gasteiger partial charge in [0.25, 0.3) is 0 Å². The predicted molar refractivity (Wildman–Crippen MR) is 83.2 cm³/mol. The molecule has 0 N–H and O–H groups in total. The van der Waals surface area contributed by atoms with E-state index in [4.69, 9.17) is 10.5 Å². The molecule has 1 aromatic carbocycles. The lowest BCUT2D eigenvalue weighted by Gasteiger charge is -2.43. The van der Waals surface area contributed by atoms with Crippen LogP contribution in [0.4, 0.5) is 0 Å². The van der Waals surface area contributed by atoms with Crippen molar-refractivity contribution in [2.75, 3.05) is 13.1 Å². The molecule has 1 aromatic rings. The third kappa shape index (κ3) is 3.63. The number of nitriles is 2. The van der Waals surface area contributed by atoms with Crippen molar-refractivity contribution in [3.63, 3.8) is 0 Å². The normalized spacial score (nSPS) is 18.1. The van der Waals surface area contributed by atoms with Crippen LogP contribution in [0.5, 0.6) is 0 Å². The lowest BCUT2D eigenvalue weighted by molar-refractivity contribution is 0.0617. The average molecular weight is 281 g/mol. The van der Waals surface area contributed by atoms with Crippen LogP contribution in [0.25, 0.3) is 0 Å². The molecule has 0 unspecified atom stereocenters. The van der Waals surface area contributed by atoms with Crippen molar-refractivity contribution in [1.82, 2.24) is 4.90 Å². The second kappa shape index (κ2) is 6.74. The third-order valence-corrected chi connectivity index (χ3v) is 5.00. The van der Waals surface area contributed by atoms with Gasteiger partial charge >= 0.3 is 0 Å². The fourth-order valence-corrected chi connectivity index (χ4v) is 3.22. The predicted octanol–water partition coefficient (Wildman–Crippen LogP) is 3.71. The molecule has 1 heterocycles. The Morgan fingerprint density at radius 2 is 1.76 bits per heavy atom. The summed E-state index contributed by atoms with van der Waals surface area (Å²) in [5.41, 5.74) is 2.17. The molecule has 0 aromatic heterocycles. The number of nitrogens with zero attached hydrogens (tertiary/aromatic N) is 3. The minimum Gasteiger partial charge on any atom is -0.299 e. The monoisotopic (exact) mass is 281 g/mol. The summed E-state index contributed by atoms with van der Waals surface area (Å²) in [6.07, 6.45) is 2.89. The Bertz CT molecular complexity index is 537. The van der Waals surface area contributed by atoms with Crippen LogP contribution in [0.15, 0.2) is 24.3 Å². The third-order valence-electron chi connectivity index (χ3n) is 5.00. The quantitative estimate of drug-likeness (QED) is 0.845. The molecule has 1 fully saturated rings. The molecule has 3 nitrogen and oxygen atoms in total. The number of likely N-dealkylation sites (tertiary alicyclic amines) is 1. The molecule has 1 aliphatic rings. The lowest BCUT2D eigenvalue weighted by atomic mass is 9.68. The van der Waals surface area contributed by atoms with Crippen molar-refractivity contribution < 1.29 is 0 Å². The van der Waals surface area contributed by atoms with Crippen LogP contribution in [-0.4, -0.2) is 18.0 Å². The molecule has 0 atom stereocenters. The first-order valence-corrected chi connectivity index (χ1v) is 7.68. The molecule has 0 bridgehead atoms. The summed E-state index contributed by atoms with van der Waals surface area (Å²) in [4.78, 5) is 2.46. The van der Waals surface area contributed by atoms with Crippen LogP contribution in [-0.2, 0) is 6.54 Å². The van der Waals surface area contributed by atoms with Gasteiger partial charge in [0.1, 0.15) is 0 Å². The summed E-state index contributed by atoms with van der Waals surface area (Å²) >= 11 is 0. The summed E-state index contributed by atoms with van der Waals surface area (Å²) in [6.45, 7) is 7.54. The van der Waals surface area contributed by atoms with E-state index in [-0.39, 0.29) is 5.41 Å². The van der Waals surface area contributed by atoms with E-state index < -0.39 is 0 Å². The van der Waals surface area contributed by atoms with Crippen molar-refractivity contribution in [3.8, 4) is 12.1 Å². The van der Waals surface area contributed by atoms with Gasteiger partial charge in [-0.2, -0.15) is 10.5 Å². The standard InChI is InChI=1S/C18H23N3/c1-15(2)18(7-10-19)8-11-21(12-9-18)14-17-5-3-16(13-20)4-6-17/h3-6,15H,7-9,11-12,14H2,1-2H3. The maximum absolute atomic E-state index is 9.09. The average Bonchev–Trinajstić information content (AvgIpc) is 2.50. The molecule has 0 spiro atoms. The van der Waals surface area contributed by atoms with Gasteiger partial charge in [-0.15, -0.1) is 0 Å². The van der Waals surface area contributed by atoms with E-state index in [1.165, 1.54) is 5.56 Å². The van der Waals surface area contributed by atoms with E-state index in [1.807, 2.05) is 24.3 Å². The Morgan fingerprint density at radius 1 is 1.14 bits per heavy atom. The molecule has 110 valence electrons. The van der Waals surface area contributed by atoms with Gasteiger partial charge in [0.15, 0.2) is 0 Å². The van der Waals surface area contributed by atoms with Crippen LogP contribution in [0.3, 0.4) is 0 Å². The Morgan fingerprint density at radius 3 is 2.24 bits per heavy atom. The summed E-state index contributed by atoms with van der Waals surface area (Å²) in [5, 5.41) is 17.9. The van der Waals surface area contributed by atoms with E-state index in [1.54, 1.807) is 0 Å². The number of benzene rings is 1. The summed E-state index contributed by atoms with van der Waals surface area (Å²) in [6, 6.07) is 12.4. The van der Waals surface area contributed by atoms with Gasteiger partial charge in [-0.05, 0) is 55.0 Å². The van der Waals surface area contributed by atoms with E-state index in [0.29, 0.717) is 17.9 Å². The van der Waals surface area contributed by atoms with Gasteiger partial charge in [-0.3, -0.25) is 4.90 Å². The number of piperidine rings is 1. The van der Waals surface area contributed by atoms with Gasteiger partial charge in [-0.1, -0.05) is 26.0 Å². The van der Waals surface area contributed by atoms with Crippen LogP contribution >= 0.6 is 0 Å². The van der Waals surface area contributed by atoms with Crippen LogP contribution in [0, 0.1) is 34.0 Å². The molecular formula is C18H23N3. The molecule has 1 saturated heterocycles. The maximum atomic E-state index is 9.09. The molecular weight excluding hydrogens is 258 g/mol. The molecule has 3 heteroatoms. The maximum Gasteiger partial charge on any atom is 0.0991 e. The Balaban J connectivity index is 1.94. The Kier molecular flexibility index (Phi) is 4.99. The van der Waals surface area contributed by atoms with Gasteiger partial charge in [-0.25, -0.2) is 0 Å². The smallest absolute Gasteiger partial charge is 0.0991 e. The highest BCUT2D eigenvalue weighted by Crippen LogP contribution is 2.41. The van der Waals surface area contributed by atoms with Gasteiger partial charge in [0.2, 0.25) is 0 Å². The van der Waals surface area contributed by atoms with E-state index in [0.717, 1.165) is 32.5 Å². The fourth-order valence-electron chi connectivity index (χ4n) is 3.22. The second-order valence-corrected chi connectivity index (χ2v) is 6.44. The Hall–Kier alpha value is -1.84. The minimum atomic E-state index is 0.204. The van der Waals surface area contributed by atoms with Crippen molar-refractivity contribution >= 4 is 0 Å². The zero-order valence-electron chi connectivity index (χ0n) is 13.0. The number of hydrogen-bond acceptors (Lipinski definition) is 3. The topological polar surface area (TPSA) is 50.8 Å². The molecule has 0 saturated carbocycles. The highest BCUT2D eigenvalue weighted by atomic mass is 15.1. The molecule has 0 radical (unpaired) electrons. The lowest BCUT2D eigenvalue weighted by Crippen LogP contribution is -2.42. The zero-order chi connectivity index (χ0) is 15.3. The fraction of sp³-hybridized carbons (Fsp3) is 0.556.